The molecule has 7 heteroatoms. The molecule has 1 atom stereocenters. The summed E-state index contributed by atoms with van der Waals surface area (Å²) in [5.41, 5.74) is 0.367. The molecule has 2 aliphatic heterocycles. The van der Waals surface area contributed by atoms with Gasteiger partial charge in [-0.3, -0.25) is 14.5 Å². The predicted molar refractivity (Wildman–Crippen MR) is 119 cm³/mol. The van der Waals surface area contributed by atoms with Gasteiger partial charge in [-0.2, -0.15) is 0 Å². The highest BCUT2D eigenvalue weighted by atomic mass is 32.1. The minimum absolute atomic E-state index is 0.0917. The van der Waals surface area contributed by atoms with Gasteiger partial charge in [0.1, 0.15) is 6.61 Å². The Morgan fingerprint density at radius 2 is 1.87 bits per heavy atom. The maximum atomic E-state index is 13.6. The monoisotopic (exact) mass is 434 g/mol. The third-order valence-corrected chi connectivity index (χ3v) is 7.08. The van der Waals surface area contributed by atoms with Crippen LogP contribution >= 0.6 is 11.3 Å². The first-order valence-corrected chi connectivity index (χ1v) is 11.2. The molecule has 0 radical (unpaired) electrons. The Bertz CT molecular complexity index is 1220. The molecule has 2 aliphatic rings. The average molecular weight is 435 g/mol. The number of rotatable bonds is 4. The normalized spacial score (nSPS) is 20.4. The van der Waals surface area contributed by atoms with Crippen LogP contribution in [0.15, 0.2) is 53.9 Å². The lowest BCUT2D eigenvalue weighted by molar-refractivity contribution is -0.159. The summed E-state index contributed by atoms with van der Waals surface area (Å²) in [5, 5.41) is 3.03. The van der Waals surface area contributed by atoms with E-state index < -0.39 is 11.6 Å². The van der Waals surface area contributed by atoms with E-state index in [4.69, 9.17) is 4.74 Å². The van der Waals surface area contributed by atoms with E-state index in [-0.39, 0.29) is 37.3 Å². The highest BCUT2D eigenvalue weighted by Gasteiger charge is 2.62. The van der Waals surface area contributed by atoms with E-state index in [0.29, 0.717) is 11.3 Å². The van der Waals surface area contributed by atoms with Gasteiger partial charge in [0.05, 0.1) is 11.3 Å². The quantitative estimate of drug-likeness (QED) is 0.573. The van der Waals surface area contributed by atoms with Crippen molar-refractivity contribution in [2.75, 3.05) is 4.90 Å². The predicted octanol–water partition coefficient (Wildman–Crippen LogP) is 4.33. The first-order valence-electron chi connectivity index (χ1n) is 10.3. The second kappa shape index (κ2) is 7.20. The molecule has 5 rings (SSSR count). The zero-order chi connectivity index (χ0) is 21.8. The molecule has 3 aromatic rings. The number of benzene rings is 2. The lowest BCUT2D eigenvalue weighted by atomic mass is 9.95. The molecule has 1 fully saturated rings. The molecule has 0 N–H and O–H groups in total. The smallest absolute Gasteiger partial charge is 0.354 e. The number of amides is 2. The molecule has 1 unspecified atom stereocenters. The van der Waals surface area contributed by atoms with Gasteiger partial charge >= 0.3 is 5.97 Å². The Kier molecular flexibility index (Phi) is 4.59. The third kappa shape index (κ3) is 2.80. The zero-order valence-electron chi connectivity index (χ0n) is 17.3. The van der Waals surface area contributed by atoms with Gasteiger partial charge in [0.15, 0.2) is 0 Å². The van der Waals surface area contributed by atoms with Gasteiger partial charge in [-0.1, -0.05) is 30.3 Å². The number of fused-ring (bicyclic) bond motifs is 4. The van der Waals surface area contributed by atoms with E-state index >= 15 is 0 Å². The molecule has 31 heavy (non-hydrogen) atoms. The molecule has 2 aromatic carbocycles. The van der Waals surface area contributed by atoms with Crippen LogP contribution < -0.4 is 4.90 Å². The lowest BCUT2D eigenvalue weighted by Crippen LogP contribution is -2.70. The van der Waals surface area contributed by atoms with Gasteiger partial charge in [-0.05, 0) is 42.8 Å². The molecule has 1 aromatic heterocycles. The van der Waals surface area contributed by atoms with Crippen molar-refractivity contribution in [1.29, 1.82) is 0 Å². The summed E-state index contributed by atoms with van der Waals surface area (Å²) >= 11 is 1.60. The number of thiophene rings is 1. The molecule has 0 saturated carbocycles. The standard InChI is InChI=1S/C24H22N2O4S/c1-15(2)25-22(28)18-8-3-5-9-19(18)26-21(27)11-12-24(25,26)23(29)30-13-16-14-31-20-10-6-4-7-17(16)20/h3-10,14-15H,11-13H2,1-2H3. The number of carbonyl (C=O) groups excluding carboxylic acids is 3. The van der Waals surface area contributed by atoms with E-state index in [1.807, 2.05) is 43.5 Å². The minimum Gasteiger partial charge on any atom is -0.458 e. The van der Waals surface area contributed by atoms with Crippen LogP contribution in [0.5, 0.6) is 0 Å². The van der Waals surface area contributed by atoms with Gasteiger partial charge < -0.3 is 9.64 Å². The Morgan fingerprint density at radius 1 is 1.13 bits per heavy atom. The van der Waals surface area contributed by atoms with E-state index in [2.05, 4.69) is 0 Å². The number of nitrogens with zero attached hydrogens (tertiary/aromatic N) is 2. The van der Waals surface area contributed by atoms with Crippen LogP contribution in [-0.4, -0.2) is 34.4 Å². The summed E-state index contributed by atoms with van der Waals surface area (Å²) in [5.74, 6) is -0.997. The van der Waals surface area contributed by atoms with Crippen molar-refractivity contribution in [1.82, 2.24) is 4.90 Å². The Balaban J connectivity index is 1.55. The maximum Gasteiger partial charge on any atom is 0.354 e. The van der Waals surface area contributed by atoms with Gasteiger partial charge in [-0.15, -0.1) is 11.3 Å². The highest BCUT2D eigenvalue weighted by Crippen LogP contribution is 2.46. The van der Waals surface area contributed by atoms with Crippen LogP contribution in [0.2, 0.25) is 0 Å². The molecule has 158 valence electrons. The number of ether oxygens (including phenoxy) is 1. The van der Waals surface area contributed by atoms with E-state index in [1.54, 1.807) is 35.6 Å². The minimum atomic E-state index is -1.46. The van der Waals surface area contributed by atoms with Crippen molar-refractivity contribution in [2.45, 2.75) is 45.0 Å². The van der Waals surface area contributed by atoms with Crippen LogP contribution in [0.4, 0.5) is 5.69 Å². The molecule has 0 spiro atoms. The number of para-hydroxylation sites is 1. The third-order valence-electron chi connectivity index (χ3n) is 6.06. The van der Waals surface area contributed by atoms with Crippen LogP contribution in [0.25, 0.3) is 10.1 Å². The van der Waals surface area contributed by atoms with Crippen molar-refractivity contribution < 1.29 is 19.1 Å². The Labute approximate surface area is 184 Å². The fourth-order valence-corrected chi connectivity index (χ4v) is 5.72. The van der Waals surface area contributed by atoms with E-state index in [1.165, 1.54) is 9.80 Å². The molecule has 0 aliphatic carbocycles. The number of esters is 1. The molecule has 1 saturated heterocycles. The van der Waals surface area contributed by atoms with Gasteiger partial charge in [0.25, 0.3) is 5.91 Å². The summed E-state index contributed by atoms with van der Waals surface area (Å²) in [4.78, 5) is 43.0. The van der Waals surface area contributed by atoms with Crippen LogP contribution in [0.3, 0.4) is 0 Å². The summed E-state index contributed by atoms with van der Waals surface area (Å²) in [7, 11) is 0. The summed E-state index contributed by atoms with van der Waals surface area (Å²) < 4.78 is 6.93. The van der Waals surface area contributed by atoms with Crippen LogP contribution in [0.1, 0.15) is 42.6 Å². The lowest BCUT2D eigenvalue weighted by Gasteiger charge is -2.50. The SMILES string of the molecule is CC(C)N1C(=O)c2ccccc2N2C(=O)CCC21C(=O)OCc1csc2ccccc12. The van der Waals surface area contributed by atoms with Crippen LogP contribution in [-0.2, 0) is 20.9 Å². The Morgan fingerprint density at radius 3 is 2.68 bits per heavy atom. The van der Waals surface area contributed by atoms with E-state index in [9.17, 15) is 14.4 Å². The zero-order valence-corrected chi connectivity index (χ0v) is 18.1. The molecule has 6 nitrogen and oxygen atoms in total. The van der Waals surface area contributed by atoms with Gasteiger partial charge in [-0.25, -0.2) is 4.79 Å². The van der Waals surface area contributed by atoms with Crippen LogP contribution in [0, 0.1) is 0 Å². The summed E-state index contributed by atoms with van der Waals surface area (Å²) in [6.07, 6.45) is 0.397. The molecular formula is C24H22N2O4S. The number of hydrogen-bond acceptors (Lipinski definition) is 5. The molecule has 2 amide bonds. The van der Waals surface area contributed by atoms with E-state index in [0.717, 1.165) is 15.6 Å². The number of hydrogen-bond donors (Lipinski definition) is 0. The largest absolute Gasteiger partial charge is 0.458 e. The Hall–Kier alpha value is -3.19. The second-order valence-corrected chi connectivity index (χ2v) is 9.08. The fraction of sp³-hybridized carbons (Fsp3) is 0.292. The van der Waals surface area contributed by atoms with Gasteiger partial charge in [0, 0.05) is 29.1 Å². The maximum absolute atomic E-state index is 13.6. The van der Waals surface area contributed by atoms with Crippen molar-refractivity contribution >= 4 is 44.9 Å². The van der Waals surface area contributed by atoms with Crippen molar-refractivity contribution in [3.8, 4) is 0 Å². The van der Waals surface area contributed by atoms with Crippen molar-refractivity contribution in [3.63, 3.8) is 0 Å². The number of carbonyl (C=O) groups is 3. The molecular weight excluding hydrogens is 412 g/mol. The first-order chi connectivity index (χ1) is 14.9. The molecule has 0 bridgehead atoms. The fourth-order valence-electron chi connectivity index (χ4n) is 4.78. The first kappa shape index (κ1) is 19.8. The van der Waals surface area contributed by atoms with Crippen molar-refractivity contribution in [2.24, 2.45) is 0 Å². The average Bonchev–Trinajstić information content (AvgIpc) is 3.34. The topological polar surface area (TPSA) is 66.9 Å². The second-order valence-electron chi connectivity index (χ2n) is 8.17. The molecule has 3 heterocycles. The summed E-state index contributed by atoms with van der Waals surface area (Å²) in [6, 6.07) is 14.6. The highest BCUT2D eigenvalue weighted by molar-refractivity contribution is 7.17. The summed E-state index contributed by atoms with van der Waals surface area (Å²) in [6.45, 7) is 3.80. The number of anilines is 1. The van der Waals surface area contributed by atoms with Crippen molar-refractivity contribution in [3.05, 3.63) is 65.0 Å². The van der Waals surface area contributed by atoms with Gasteiger partial charge in [0.2, 0.25) is 11.6 Å².